The fraction of sp³-hybridized carbons (Fsp3) is 0.0909. The van der Waals surface area contributed by atoms with Crippen LogP contribution in [0.4, 0.5) is 0 Å². The van der Waals surface area contributed by atoms with Crippen molar-refractivity contribution in [3.8, 4) is 6.07 Å². The summed E-state index contributed by atoms with van der Waals surface area (Å²) >= 11 is 0. The number of carbonyl (C=O) groups is 1. The molecule has 0 aliphatic rings. The van der Waals surface area contributed by atoms with Crippen LogP contribution in [-0.4, -0.2) is 5.97 Å². The third-order valence-electron chi connectivity index (χ3n) is 1.73. The first-order chi connectivity index (χ1) is 6.63. The first-order valence-electron chi connectivity index (χ1n) is 4.03. The van der Waals surface area contributed by atoms with Gasteiger partial charge in [-0.3, -0.25) is 0 Å². The van der Waals surface area contributed by atoms with E-state index in [9.17, 15) is 9.90 Å². The minimum Gasteiger partial charge on any atom is -0.544 e. The molecule has 1 aromatic carbocycles. The molecule has 3 nitrogen and oxygen atoms in total. The van der Waals surface area contributed by atoms with Gasteiger partial charge < -0.3 is 9.90 Å². The number of carbonyl (C=O) groups excluding carboxylic acids is 1. The molecule has 0 aliphatic heterocycles. The molecular formula is C11H8NNaO2. The number of benzene rings is 1. The maximum absolute atomic E-state index is 10.4. The second kappa shape index (κ2) is 6.41. The van der Waals surface area contributed by atoms with Crippen LogP contribution < -0.4 is 34.7 Å². The summed E-state index contributed by atoms with van der Waals surface area (Å²) in [4.78, 5) is 10.4. The molecule has 1 rings (SSSR count). The standard InChI is InChI=1S/C11H9NO2.Na/c1-8-2-4-9(5-3-8)6-10(7-12)11(13)14;/h2-6H,1H3,(H,13,14);/q;+1/p-1/b10-6+;. The van der Waals surface area contributed by atoms with E-state index in [1.165, 1.54) is 6.08 Å². The Morgan fingerprint density at radius 2 is 1.93 bits per heavy atom. The normalized spacial score (nSPS) is 10.0. The number of rotatable bonds is 2. The topological polar surface area (TPSA) is 63.9 Å². The first-order valence-corrected chi connectivity index (χ1v) is 4.03. The average Bonchev–Trinajstić information content (AvgIpc) is 2.16. The van der Waals surface area contributed by atoms with Gasteiger partial charge in [-0.2, -0.15) is 5.26 Å². The van der Waals surface area contributed by atoms with Crippen LogP contribution in [0.15, 0.2) is 29.8 Å². The van der Waals surface area contributed by atoms with Gasteiger partial charge in [-0.1, -0.05) is 29.8 Å². The molecule has 0 radical (unpaired) electrons. The van der Waals surface area contributed by atoms with Gasteiger partial charge in [0.25, 0.3) is 0 Å². The quantitative estimate of drug-likeness (QED) is 0.311. The minimum absolute atomic E-state index is 0. The second-order valence-corrected chi connectivity index (χ2v) is 2.87. The summed E-state index contributed by atoms with van der Waals surface area (Å²) in [7, 11) is 0. The number of aryl methyl sites for hydroxylation is 1. The molecule has 0 N–H and O–H groups in total. The van der Waals surface area contributed by atoms with Crippen LogP contribution >= 0.6 is 0 Å². The van der Waals surface area contributed by atoms with Gasteiger partial charge >= 0.3 is 29.6 Å². The molecule has 0 spiro atoms. The van der Waals surface area contributed by atoms with Gasteiger partial charge in [-0.25, -0.2) is 0 Å². The van der Waals surface area contributed by atoms with Gasteiger partial charge in [0, 0.05) is 0 Å². The summed E-state index contributed by atoms with van der Waals surface area (Å²) in [6.07, 6.45) is 1.29. The number of nitriles is 1. The number of carboxylic acids is 1. The van der Waals surface area contributed by atoms with E-state index in [0.717, 1.165) is 5.56 Å². The maximum Gasteiger partial charge on any atom is 1.00 e. The Hall–Kier alpha value is -1.08. The van der Waals surface area contributed by atoms with E-state index >= 15 is 0 Å². The zero-order chi connectivity index (χ0) is 10.6. The number of nitrogens with zero attached hydrogens (tertiary/aromatic N) is 1. The zero-order valence-corrected chi connectivity index (χ0v) is 10.7. The third kappa shape index (κ3) is 4.30. The third-order valence-corrected chi connectivity index (χ3v) is 1.73. The molecule has 0 amide bonds. The molecule has 70 valence electrons. The Morgan fingerprint density at radius 1 is 1.40 bits per heavy atom. The summed E-state index contributed by atoms with van der Waals surface area (Å²) in [6, 6.07) is 8.74. The summed E-state index contributed by atoms with van der Waals surface area (Å²) in [6.45, 7) is 1.93. The number of carboxylic acid groups (broad SMARTS) is 1. The van der Waals surface area contributed by atoms with Crippen molar-refractivity contribution < 1.29 is 39.5 Å². The molecule has 0 bridgehead atoms. The fourth-order valence-electron chi connectivity index (χ4n) is 0.966. The van der Waals surface area contributed by atoms with E-state index in [2.05, 4.69) is 0 Å². The summed E-state index contributed by atoms with van der Waals surface area (Å²) in [5.41, 5.74) is 1.39. The SMILES string of the molecule is Cc1ccc(/C=C(\C#N)C(=O)[O-])cc1.[Na+]. The molecule has 0 heterocycles. The van der Waals surface area contributed by atoms with Gasteiger partial charge in [0.15, 0.2) is 0 Å². The van der Waals surface area contributed by atoms with E-state index in [-0.39, 0.29) is 35.1 Å². The van der Waals surface area contributed by atoms with Crippen LogP contribution in [0.25, 0.3) is 6.08 Å². The van der Waals surface area contributed by atoms with Crippen molar-refractivity contribution in [2.45, 2.75) is 6.92 Å². The summed E-state index contributed by atoms with van der Waals surface area (Å²) in [5, 5.41) is 18.9. The summed E-state index contributed by atoms with van der Waals surface area (Å²) in [5.74, 6) is -1.45. The Kier molecular flexibility index (Phi) is 5.95. The molecular weight excluding hydrogens is 201 g/mol. The smallest absolute Gasteiger partial charge is 0.544 e. The second-order valence-electron chi connectivity index (χ2n) is 2.87. The van der Waals surface area contributed by atoms with Crippen molar-refractivity contribution in [2.24, 2.45) is 0 Å². The Bertz CT molecular complexity index is 415. The van der Waals surface area contributed by atoms with Crippen molar-refractivity contribution in [3.05, 3.63) is 41.0 Å². The Morgan fingerprint density at radius 3 is 2.33 bits per heavy atom. The van der Waals surface area contributed by atoms with Crippen molar-refractivity contribution in [1.29, 1.82) is 5.26 Å². The number of hydrogen-bond donors (Lipinski definition) is 0. The fourth-order valence-corrected chi connectivity index (χ4v) is 0.966. The van der Waals surface area contributed by atoms with E-state index in [4.69, 9.17) is 5.26 Å². The largest absolute Gasteiger partial charge is 1.00 e. The van der Waals surface area contributed by atoms with Crippen LogP contribution in [0.3, 0.4) is 0 Å². The van der Waals surface area contributed by atoms with Gasteiger partial charge in [0.05, 0.1) is 11.5 Å². The van der Waals surface area contributed by atoms with Crippen LogP contribution in [0.1, 0.15) is 11.1 Å². The monoisotopic (exact) mass is 209 g/mol. The Balaban J connectivity index is 0.00000196. The maximum atomic E-state index is 10.4. The van der Waals surface area contributed by atoms with E-state index < -0.39 is 5.97 Å². The molecule has 0 fully saturated rings. The van der Waals surface area contributed by atoms with Crippen molar-refractivity contribution in [2.75, 3.05) is 0 Å². The molecule has 1 aromatic rings. The minimum atomic E-state index is -1.45. The molecule has 0 aliphatic carbocycles. The predicted octanol–water partition coefficient (Wildman–Crippen LogP) is -2.34. The first kappa shape index (κ1) is 13.9. The average molecular weight is 209 g/mol. The Labute approximate surface area is 110 Å². The molecule has 0 aromatic heterocycles. The molecule has 0 unspecified atom stereocenters. The van der Waals surface area contributed by atoms with E-state index in [1.807, 2.05) is 19.1 Å². The van der Waals surface area contributed by atoms with Gasteiger partial charge in [0.1, 0.15) is 6.07 Å². The van der Waals surface area contributed by atoms with E-state index in [0.29, 0.717) is 5.56 Å². The molecule has 15 heavy (non-hydrogen) atoms. The zero-order valence-electron chi connectivity index (χ0n) is 8.65. The van der Waals surface area contributed by atoms with Crippen LogP contribution in [0, 0.1) is 18.3 Å². The predicted molar refractivity (Wildman–Crippen MR) is 49.8 cm³/mol. The molecule has 0 saturated carbocycles. The molecule has 4 heteroatoms. The van der Waals surface area contributed by atoms with Crippen LogP contribution in [0.5, 0.6) is 0 Å². The van der Waals surface area contributed by atoms with Gasteiger partial charge in [0.2, 0.25) is 0 Å². The molecule has 0 saturated heterocycles. The van der Waals surface area contributed by atoms with Crippen molar-refractivity contribution in [1.82, 2.24) is 0 Å². The van der Waals surface area contributed by atoms with E-state index in [1.54, 1.807) is 18.2 Å². The number of aliphatic carboxylic acids is 1. The van der Waals surface area contributed by atoms with Crippen LogP contribution in [-0.2, 0) is 4.79 Å². The van der Waals surface area contributed by atoms with Crippen LogP contribution in [0.2, 0.25) is 0 Å². The van der Waals surface area contributed by atoms with Gasteiger partial charge in [-0.05, 0) is 18.6 Å². The van der Waals surface area contributed by atoms with Crippen molar-refractivity contribution >= 4 is 12.0 Å². The van der Waals surface area contributed by atoms with Gasteiger partial charge in [-0.15, -0.1) is 0 Å². The molecule has 0 atom stereocenters. The van der Waals surface area contributed by atoms with Crippen molar-refractivity contribution in [3.63, 3.8) is 0 Å². The number of hydrogen-bond acceptors (Lipinski definition) is 3. The summed E-state index contributed by atoms with van der Waals surface area (Å²) < 4.78 is 0.